The summed E-state index contributed by atoms with van der Waals surface area (Å²) < 4.78 is 0. The Balaban J connectivity index is 4.11. The van der Waals surface area contributed by atoms with Crippen LogP contribution in [-0.4, -0.2) is 0 Å². The Morgan fingerprint density at radius 3 is 2.37 bits per heavy atom. The van der Waals surface area contributed by atoms with Crippen LogP contribution in [0.2, 0.25) is 0 Å². The summed E-state index contributed by atoms with van der Waals surface area (Å²) in [6.07, 6.45) is 17.9. The van der Waals surface area contributed by atoms with Gasteiger partial charge >= 0.3 is 0 Å². The average Bonchev–Trinajstić information content (AvgIpc) is 2.42. The van der Waals surface area contributed by atoms with Crippen molar-refractivity contribution in [2.24, 2.45) is 0 Å². The van der Waals surface area contributed by atoms with Gasteiger partial charge in [0.1, 0.15) is 0 Å². The third kappa shape index (κ3) is 12.5. The quantitative estimate of drug-likeness (QED) is 0.153. The van der Waals surface area contributed by atoms with E-state index < -0.39 is 0 Å². The van der Waals surface area contributed by atoms with E-state index in [2.05, 4.69) is 42.9 Å². The van der Waals surface area contributed by atoms with E-state index >= 15 is 0 Å². The van der Waals surface area contributed by atoms with Gasteiger partial charge in [-0.3, -0.25) is 0 Å². The van der Waals surface area contributed by atoms with Crippen LogP contribution in [0.3, 0.4) is 0 Å². The summed E-state index contributed by atoms with van der Waals surface area (Å²) >= 11 is 0. The van der Waals surface area contributed by atoms with Crippen molar-refractivity contribution in [2.75, 3.05) is 0 Å². The third-order valence-electron chi connectivity index (χ3n) is 2.65. The summed E-state index contributed by atoms with van der Waals surface area (Å²) in [6.45, 7) is 9.33. The molecule has 0 saturated carbocycles. The van der Waals surface area contributed by atoms with E-state index in [0.29, 0.717) is 0 Å². The van der Waals surface area contributed by atoms with Crippen LogP contribution in [0.4, 0.5) is 0 Å². The first-order valence-electron chi connectivity index (χ1n) is 7.09. The van der Waals surface area contributed by atoms with Crippen LogP contribution in [-0.2, 0) is 0 Å². The molecule has 0 spiro atoms. The van der Waals surface area contributed by atoms with Gasteiger partial charge in [0, 0.05) is 5.57 Å². The van der Waals surface area contributed by atoms with Gasteiger partial charge in [-0.2, -0.15) is 0 Å². The monoisotopic (exact) mass is 254 g/mol. The van der Waals surface area contributed by atoms with Crippen molar-refractivity contribution in [2.45, 2.75) is 51.9 Å². The molecule has 0 unspecified atom stereocenters. The molecule has 0 aromatic rings. The number of rotatable bonds is 10. The molecule has 0 aromatic heterocycles. The molecule has 0 saturated heterocycles. The Labute approximate surface area is 119 Å². The molecular formula is C19H26. The fraction of sp³-hybridized carbons (Fsp3) is 0.421. The summed E-state index contributed by atoms with van der Waals surface area (Å²) in [4.78, 5) is 0. The van der Waals surface area contributed by atoms with Crippen molar-refractivity contribution in [3.63, 3.8) is 0 Å². The van der Waals surface area contributed by atoms with E-state index in [1.54, 1.807) is 0 Å². The molecule has 0 atom stereocenters. The smallest absolute Gasteiger partial charge is 0.00264 e. The van der Waals surface area contributed by atoms with Gasteiger partial charge in [0.15, 0.2) is 0 Å². The first kappa shape index (κ1) is 17.3. The van der Waals surface area contributed by atoms with Gasteiger partial charge in [0.05, 0.1) is 0 Å². The molecule has 0 N–H and O–H groups in total. The lowest BCUT2D eigenvalue weighted by molar-refractivity contribution is 0.763. The van der Waals surface area contributed by atoms with Crippen molar-refractivity contribution >= 4 is 0 Å². The molecule has 0 nitrogen and oxygen atoms in total. The van der Waals surface area contributed by atoms with Crippen LogP contribution < -0.4 is 0 Å². The molecule has 0 aliphatic rings. The predicted octanol–water partition coefficient (Wildman–Crippen LogP) is 5.75. The van der Waals surface area contributed by atoms with E-state index in [0.717, 1.165) is 32.1 Å². The lowest BCUT2D eigenvalue weighted by Gasteiger charge is -1.95. The Morgan fingerprint density at radius 2 is 1.68 bits per heavy atom. The molecule has 0 amide bonds. The third-order valence-corrected chi connectivity index (χ3v) is 2.65. The molecule has 0 heteroatoms. The Kier molecular flexibility index (Phi) is 13.1. The lowest BCUT2D eigenvalue weighted by atomic mass is 10.1. The van der Waals surface area contributed by atoms with Crippen LogP contribution in [0.1, 0.15) is 51.9 Å². The summed E-state index contributed by atoms with van der Waals surface area (Å²) in [6, 6.07) is 0. The van der Waals surface area contributed by atoms with Crippen LogP contribution in [0, 0.1) is 11.8 Å². The lowest BCUT2D eigenvalue weighted by Crippen LogP contribution is -1.79. The van der Waals surface area contributed by atoms with E-state index in [9.17, 15) is 0 Å². The van der Waals surface area contributed by atoms with Gasteiger partial charge < -0.3 is 0 Å². The molecule has 19 heavy (non-hydrogen) atoms. The van der Waals surface area contributed by atoms with Gasteiger partial charge in [-0.15, -0.1) is 24.8 Å². The summed E-state index contributed by atoms with van der Waals surface area (Å²) in [5, 5.41) is 0. The second-order valence-electron chi connectivity index (χ2n) is 4.36. The fourth-order valence-electron chi connectivity index (χ4n) is 1.62. The van der Waals surface area contributed by atoms with E-state index in [1.165, 1.54) is 18.4 Å². The maximum absolute atomic E-state index is 3.73. The molecule has 0 rings (SSSR count). The Morgan fingerprint density at radius 1 is 1.00 bits per heavy atom. The summed E-state index contributed by atoms with van der Waals surface area (Å²) in [5.74, 6) is 6.10. The van der Waals surface area contributed by atoms with Crippen LogP contribution in [0.25, 0.3) is 0 Å². The van der Waals surface area contributed by atoms with E-state index in [-0.39, 0.29) is 0 Å². The van der Waals surface area contributed by atoms with Crippen molar-refractivity contribution in [1.82, 2.24) is 0 Å². The SMILES string of the molecule is C=CCCCCC=C=C/C=C(\C#CC)CCCC=C. The fourth-order valence-corrected chi connectivity index (χ4v) is 1.62. The van der Waals surface area contributed by atoms with E-state index in [1.807, 2.05) is 25.2 Å². The zero-order valence-electron chi connectivity index (χ0n) is 12.3. The minimum atomic E-state index is 1.02. The molecule has 0 heterocycles. The van der Waals surface area contributed by atoms with E-state index in [4.69, 9.17) is 0 Å². The van der Waals surface area contributed by atoms with Gasteiger partial charge in [-0.25, -0.2) is 0 Å². The van der Waals surface area contributed by atoms with Gasteiger partial charge in [-0.1, -0.05) is 18.1 Å². The zero-order valence-corrected chi connectivity index (χ0v) is 12.3. The highest BCUT2D eigenvalue weighted by molar-refractivity contribution is 5.31. The minimum absolute atomic E-state index is 1.02. The van der Waals surface area contributed by atoms with Crippen LogP contribution in [0.5, 0.6) is 0 Å². The number of allylic oxidation sites excluding steroid dienone is 5. The molecule has 0 radical (unpaired) electrons. The largest absolute Gasteiger partial charge is 0.125 e. The normalized spacial score (nSPS) is 9.84. The predicted molar refractivity (Wildman–Crippen MR) is 86.9 cm³/mol. The van der Waals surface area contributed by atoms with Gasteiger partial charge in [0.25, 0.3) is 0 Å². The zero-order chi connectivity index (χ0) is 14.2. The summed E-state index contributed by atoms with van der Waals surface area (Å²) in [7, 11) is 0. The van der Waals surface area contributed by atoms with Gasteiger partial charge in [0.2, 0.25) is 0 Å². The van der Waals surface area contributed by atoms with Crippen molar-refractivity contribution in [3.8, 4) is 11.8 Å². The molecule has 0 aliphatic heterocycles. The van der Waals surface area contributed by atoms with Crippen molar-refractivity contribution in [1.29, 1.82) is 0 Å². The van der Waals surface area contributed by atoms with Crippen molar-refractivity contribution < 1.29 is 0 Å². The first-order valence-corrected chi connectivity index (χ1v) is 7.09. The first-order chi connectivity index (χ1) is 9.35. The Hall–Kier alpha value is -1.70. The van der Waals surface area contributed by atoms with Crippen LogP contribution in [0.15, 0.2) is 54.8 Å². The molecular weight excluding hydrogens is 228 g/mol. The number of unbranched alkanes of at least 4 members (excludes halogenated alkanes) is 4. The highest BCUT2D eigenvalue weighted by Crippen LogP contribution is 2.07. The van der Waals surface area contributed by atoms with Crippen LogP contribution >= 0.6 is 0 Å². The molecule has 102 valence electrons. The van der Waals surface area contributed by atoms with Crippen molar-refractivity contribution in [3.05, 3.63) is 54.8 Å². The molecule has 0 aromatic carbocycles. The van der Waals surface area contributed by atoms with Gasteiger partial charge in [-0.05, 0) is 70.1 Å². The maximum Gasteiger partial charge on any atom is 0.00264 e. The molecule has 0 fully saturated rings. The second-order valence-corrected chi connectivity index (χ2v) is 4.36. The summed E-state index contributed by atoms with van der Waals surface area (Å²) in [5.41, 5.74) is 4.38. The highest BCUT2D eigenvalue weighted by Gasteiger charge is 1.90. The second kappa shape index (κ2) is 14.4. The molecule has 0 bridgehead atoms. The Bertz CT molecular complexity index is 389. The average molecular weight is 254 g/mol. The number of hydrogen-bond donors (Lipinski definition) is 0. The number of hydrogen-bond acceptors (Lipinski definition) is 0. The minimum Gasteiger partial charge on any atom is -0.125 e. The maximum atomic E-state index is 3.73. The molecule has 0 aliphatic carbocycles. The topological polar surface area (TPSA) is 0 Å². The highest BCUT2D eigenvalue weighted by atomic mass is 13.9. The standard InChI is InChI=1S/C19H26/c1-4-7-9-10-11-12-13-15-18-19(16-6-3)17-14-8-5-2/h4-5,12,15,18H,1-2,7-11,14,17H2,3H3/b19-18+.